The smallest absolute Gasteiger partial charge is 0.435 e. The Labute approximate surface area is 401 Å². The average molecular weight is 968 g/mol. The van der Waals surface area contributed by atoms with Crippen LogP contribution < -0.4 is 35.2 Å². The van der Waals surface area contributed by atoms with Gasteiger partial charge in [0.15, 0.2) is 5.69 Å². The second-order valence-electron chi connectivity index (χ2n) is 18.1. The number of morpholine rings is 2. The number of fused-ring (bicyclic) bond motifs is 2. The van der Waals surface area contributed by atoms with Crippen LogP contribution >= 0.6 is 0 Å². The first-order valence-electron chi connectivity index (χ1n) is 23.9. The Kier molecular flexibility index (Phi) is 14.2. The number of carbonyl (C=O) groups excluding carboxylic acids is 1. The lowest BCUT2D eigenvalue weighted by Gasteiger charge is -2.35. The van der Waals surface area contributed by atoms with E-state index in [1.54, 1.807) is 32.0 Å². The van der Waals surface area contributed by atoms with E-state index in [1.807, 2.05) is 18.2 Å². The van der Waals surface area contributed by atoms with E-state index in [4.69, 9.17) is 33.7 Å². The first-order valence-corrected chi connectivity index (χ1v) is 23.9. The van der Waals surface area contributed by atoms with Crippen molar-refractivity contribution in [3.05, 3.63) is 78.4 Å². The molecule has 70 heavy (non-hydrogen) atoms. The molecule has 1 amide bonds. The molecular weight excluding hydrogens is 912 g/mol. The summed E-state index contributed by atoms with van der Waals surface area (Å²) in [5, 5.41) is 15.1. The number of nitrogens with one attached hydrogen (secondary N) is 4. The first kappa shape index (κ1) is 47.0. The molecule has 370 valence electrons. The van der Waals surface area contributed by atoms with E-state index >= 15 is 0 Å². The summed E-state index contributed by atoms with van der Waals surface area (Å²) in [6, 6.07) is 10.8. The largest absolute Gasteiger partial charge is 0.488 e. The zero-order valence-corrected chi connectivity index (χ0v) is 38.8. The van der Waals surface area contributed by atoms with Crippen LogP contribution in [0.25, 0.3) is 22.1 Å². The quantitative estimate of drug-likeness (QED) is 0.0809. The molecule has 0 spiro atoms. The van der Waals surface area contributed by atoms with Crippen LogP contribution in [0, 0.1) is 0 Å². The third-order valence-corrected chi connectivity index (χ3v) is 13.3. The molecular formula is C48H56F3N13O6. The third-order valence-electron chi connectivity index (χ3n) is 13.3. The van der Waals surface area contributed by atoms with E-state index < -0.39 is 23.9 Å². The third kappa shape index (κ3) is 11.2. The molecule has 2 saturated carbocycles. The minimum absolute atomic E-state index is 0.0148. The molecule has 4 fully saturated rings. The van der Waals surface area contributed by atoms with Gasteiger partial charge >= 0.3 is 6.18 Å². The minimum atomic E-state index is -4.64. The number of carbonyl (C=O) groups is 1. The number of anilines is 4. The van der Waals surface area contributed by atoms with Crippen molar-refractivity contribution in [2.45, 2.75) is 87.9 Å². The van der Waals surface area contributed by atoms with Crippen LogP contribution in [-0.4, -0.2) is 137 Å². The van der Waals surface area contributed by atoms with Gasteiger partial charge in [-0.3, -0.25) is 19.9 Å². The molecule has 10 rings (SSSR count). The lowest BCUT2D eigenvalue weighted by Crippen LogP contribution is -2.40. The molecule has 2 aliphatic heterocycles. The fourth-order valence-electron chi connectivity index (χ4n) is 9.58. The summed E-state index contributed by atoms with van der Waals surface area (Å²) in [4.78, 5) is 45.5. The highest BCUT2D eigenvalue weighted by atomic mass is 19.4. The summed E-state index contributed by atoms with van der Waals surface area (Å²) in [7, 11) is 1.67. The predicted molar refractivity (Wildman–Crippen MR) is 253 cm³/mol. The summed E-state index contributed by atoms with van der Waals surface area (Å²) in [6.07, 6.45) is 7.34. The molecule has 1 unspecified atom stereocenters. The maximum Gasteiger partial charge on any atom is 0.435 e. The fourth-order valence-corrected chi connectivity index (χ4v) is 9.58. The van der Waals surface area contributed by atoms with Crippen molar-refractivity contribution in [1.29, 1.82) is 0 Å². The Balaban J connectivity index is 0.817. The molecule has 0 radical (unpaired) electrons. The molecule has 6 heterocycles. The van der Waals surface area contributed by atoms with Crippen LogP contribution in [-0.2, 0) is 20.4 Å². The van der Waals surface area contributed by atoms with E-state index in [1.165, 1.54) is 0 Å². The zero-order chi connectivity index (χ0) is 48.0. The molecule has 2 aromatic carbocycles. The highest BCUT2D eigenvalue weighted by Gasteiger charge is 2.35. The molecule has 19 nitrogen and oxygen atoms in total. The highest BCUT2D eigenvalue weighted by molar-refractivity contribution is 5.92. The highest BCUT2D eigenvalue weighted by Crippen LogP contribution is 2.38. The van der Waals surface area contributed by atoms with E-state index in [0.29, 0.717) is 105 Å². The summed E-state index contributed by atoms with van der Waals surface area (Å²) >= 11 is 0. The van der Waals surface area contributed by atoms with E-state index in [-0.39, 0.29) is 30.0 Å². The Bertz CT molecular complexity index is 2750. The normalized spacial score (nSPS) is 22.2. The summed E-state index contributed by atoms with van der Waals surface area (Å²) in [6.45, 7) is 5.64. The van der Waals surface area contributed by atoms with Crippen molar-refractivity contribution in [2.75, 3.05) is 86.7 Å². The Morgan fingerprint density at radius 2 is 1.44 bits per heavy atom. The van der Waals surface area contributed by atoms with E-state index in [9.17, 15) is 18.0 Å². The zero-order valence-electron chi connectivity index (χ0n) is 38.8. The number of amides is 1. The Morgan fingerprint density at radius 1 is 0.771 bits per heavy atom. The second kappa shape index (κ2) is 21.1. The van der Waals surface area contributed by atoms with Crippen LogP contribution in [0.4, 0.5) is 36.2 Å². The van der Waals surface area contributed by atoms with E-state index in [2.05, 4.69) is 68.0 Å². The van der Waals surface area contributed by atoms with Gasteiger partial charge in [0.1, 0.15) is 52.3 Å². The summed E-state index contributed by atoms with van der Waals surface area (Å²) in [5.74, 6) is 2.19. The Morgan fingerprint density at radius 3 is 2.17 bits per heavy atom. The van der Waals surface area contributed by atoms with Crippen molar-refractivity contribution in [2.24, 2.45) is 0 Å². The summed E-state index contributed by atoms with van der Waals surface area (Å²) < 4.78 is 69.9. The molecule has 1 atom stereocenters. The lowest BCUT2D eigenvalue weighted by molar-refractivity contribution is -0.141. The van der Waals surface area contributed by atoms with Crippen molar-refractivity contribution < 1.29 is 41.7 Å². The molecule has 6 aromatic rings. The molecule has 4 aromatic heterocycles. The second-order valence-corrected chi connectivity index (χ2v) is 18.1. The average Bonchev–Trinajstić information content (AvgIpc) is 3.90. The Hall–Kier alpha value is -6.65. The van der Waals surface area contributed by atoms with E-state index in [0.717, 1.165) is 73.4 Å². The first-order chi connectivity index (χ1) is 34.1. The van der Waals surface area contributed by atoms with Gasteiger partial charge in [-0.15, -0.1) is 0 Å². The van der Waals surface area contributed by atoms with Gasteiger partial charge in [-0.2, -0.15) is 18.3 Å². The van der Waals surface area contributed by atoms with Crippen molar-refractivity contribution in [3.8, 4) is 11.5 Å². The van der Waals surface area contributed by atoms with Gasteiger partial charge in [0.2, 0.25) is 0 Å². The number of hydrogen-bond donors (Lipinski definition) is 4. The molecule has 22 heteroatoms. The topological polar surface area (TPSA) is 212 Å². The van der Waals surface area contributed by atoms with Crippen LogP contribution in [0.3, 0.4) is 0 Å². The van der Waals surface area contributed by atoms with Crippen LogP contribution in [0.5, 0.6) is 11.5 Å². The number of aromatic nitrogens is 8. The SMILES string of the molecule is COCCNc1cc(N[C@H]2CC[C@@H](Oc3cc(N4CCOCC4)cc4ncc(C5CN(c6cc(O[C@H]7CC[C@@H](NC(=O)c8cc(C(F)(F)F)n[nH]8)CC7)c7nccnc7c6)CCO5)nc34)CC2)ncn1. The van der Waals surface area contributed by atoms with Gasteiger partial charge in [-0.25, -0.2) is 19.9 Å². The number of nitrogens with zero attached hydrogens (tertiary/aromatic N) is 9. The van der Waals surface area contributed by atoms with Crippen molar-refractivity contribution in [3.63, 3.8) is 0 Å². The number of H-pyrrole nitrogens is 1. The summed E-state index contributed by atoms with van der Waals surface area (Å²) in [5.41, 5.74) is 3.99. The van der Waals surface area contributed by atoms with Crippen LogP contribution in [0.1, 0.15) is 79.3 Å². The molecule has 0 bridgehead atoms. The fraction of sp³-hybridized carbons (Fsp3) is 0.500. The number of benzene rings is 2. The van der Waals surface area contributed by atoms with Gasteiger partial charge < -0.3 is 49.4 Å². The number of hydrogen-bond acceptors (Lipinski definition) is 17. The number of aromatic amines is 1. The van der Waals surface area contributed by atoms with Crippen LogP contribution in [0.2, 0.25) is 0 Å². The van der Waals surface area contributed by atoms with Gasteiger partial charge in [-0.05, 0) is 63.5 Å². The van der Waals surface area contributed by atoms with Gasteiger partial charge in [0, 0.05) is 93.4 Å². The number of ether oxygens (including phenoxy) is 5. The number of rotatable bonds is 15. The molecule has 2 saturated heterocycles. The van der Waals surface area contributed by atoms with Gasteiger partial charge in [-0.1, -0.05) is 0 Å². The maximum atomic E-state index is 13.1. The lowest BCUT2D eigenvalue weighted by atomic mass is 9.92. The van der Waals surface area contributed by atoms with Gasteiger partial charge in [0.25, 0.3) is 5.91 Å². The number of halogens is 3. The minimum Gasteiger partial charge on any atom is -0.488 e. The molecule has 4 N–H and O–H groups in total. The number of alkyl halides is 3. The molecule has 4 aliphatic rings. The van der Waals surface area contributed by atoms with Gasteiger partial charge in [0.05, 0.1) is 68.1 Å². The van der Waals surface area contributed by atoms with Crippen molar-refractivity contribution in [1.82, 2.24) is 45.4 Å². The van der Waals surface area contributed by atoms with Crippen molar-refractivity contribution >= 4 is 51.0 Å². The predicted octanol–water partition coefficient (Wildman–Crippen LogP) is 6.50. The monoisotopic (exact) mass is 967 g/mol. The van der Waals surface area contributed by atoms with Crippen LogP contribution in [0.15, 0.2) is 61.3 Å². The number of methoxy groups -OCH3 is 1. The molecule has 2 aliphatic carbocycles. The maximum absolute atomic E-state index is 13.1. The standard InChI is InChI=1S/C48H56F3N13O6/c1-66-16-12-53-43-25-44(57-28-56-43)58-29-2-6-34(7-3-29)70-40-22-31(63-13-17-67-18-14-63)20-36-46(40)60-38(26-55-36)41-27-64(15-19-68-41)32-21-35-45(54-11-10-52-35)39(23-32)69-33-8-4-30(5-9-33)59-47(65)37-24-42(62-61-37)48(49,50)51/h10-11,20-26,28-30,33-34,41H,2-9,12-19,27H2,1H3,(H,59,65)(H,61,62)(H2,53,56,57,58)/t29-,30-,33+,34+,41?.